The van der Waals surface area contributed by atoms with Crippen LogP contribution in [0.25, 0.3) is 0 Å². The van der Waals surface area contributed by atoms with Crippen LogP contribution in [0.2, 0.25) is 0 Å². The van der Waals surface area contributed by atoms with E-state index in [0.717, 1.165) is 24.3 Å². The van der Waals surface area contributed by atoms with E-state index in [0.29, 0.717) is 11.1 Å². The maximum atomic E-state index is 13.2. The normalized spacial score (nSPS) is 12.6. The quantitative estimate of drug-likeness (QED) is 0.156. The van der Waals surface area contributed by atoms with Gasteiger partial charge in [-0.05, 0) is 55.0 Å². The number of benzene rings is 4. The molecular formula is C32H28F6N2O4. The Morgan fingerprint density at radius 3 is 1.55 bits per heavy atom. The Hall–Kier alpha value is -4.55. The highest BCUT2D eigenvalue weighted by Gasteiger charge is 2.31. The van der Waals surface area contributed by atoms with Gasteiger partial charge in [0.1, 0.15) is 29.0 Å². The Morgan fingerprint density at radius 2 is 1.14 bits per heavy atom. The van der Waals surface area contributed by atoms with Gasteiger partial charge in [0.05, 0.1) is 11.1 Å². The number of nitrogens with two attached hydrogens (primary N) is 1. The highest BCUT2D eigenvalue weighted by molar-refractivity contribution is 5.73. The molecule has 0 fully saturated rings. The highest BCUT2D eigenvalue weighted by Crippen LogP contribution is 2.35. The lowest BCUT2D eigenvalue weighted by atomic mass is 10.1. The molecule has 0 unspecified atom stereocenters. The van der Waals surface area contributed by atoms with E-state index in [2.05, 4.69) is 0 Å². The molecule has 44 heavy (non-hydrogen) atoms. The molecule has 0 amide bonds. The van der Waals surface area contributed by atoms with E-state index in [-0.39, 0.29) is 49.1 Å². The summed E-state index contributed by atoms with van der Waals surface area (Å²) in [6, 6.07) is 21.2. The summed E-state index contributed by atoms with van der Waals surface area (Å²) in [7, 11) is 0. The summed E-state index contributed by atoms with van der Waals surface area (Å²) in [6.45, 7) is 0.516. The number of carbonyl (C=O) groups is 1. The van der Waals surface area contributed by atoms with E-state index in [4.69, 9.17) is 15.2 Å². The van der Waals surface area contributed by atoms with Crippen molar-refractivity contribution in [1.29, 1.82) is 0 Å². The summed E-state index contributed by atoms with van der Waals surface area (Å²) in [6.07, 6.45) is -9.05. The molecule has 0 bridgehead atoms. The summed E-state index contributed by atoms with van der Waals surface area (Å²) < 4.78 is 91.1. The predicted molar refractivity (Wildman–Crippen MR) is 150 cm³/mol. The minimum absolute atomic E-state index is 0.0217. The van der Waals surface area contributed by atoms with Crippen LogP contribution in [-0.2, 0) is 30.2 Å². The molecule has 6 nitrogen and oxygen atoms in total. The van der Waals surface area contributed by atoms with Crippen LogP contribution < -0.4 is 15.2 Å². The second-order valence-corrected chi connectivity index (χ2v) is 9.91. The topological polar surface area (TPSA) is 85.0 Å². The number of alkyl halides is 6. The first-order chi connectivity index (χ1) is 20.8. The molecule has 0 aliphatic carbocycles. The van der Waals surface area contributed by atoms with Gasteiger partial charge in [-0.15, -0.1) is 0 Å². The molecule has 0 saturated carbocycles. The van der Waals surface area contributed by atoms with Crippen molar-refractivity contribution in [3.63, 3.8) is 0 Å². The summed E-state index contributed by atoms with van der Waals surface area (Å²) in [4.78, 5) is 13.2. The molecule has 0 aliphatic heterocycles. The molecule has 12 heteroatoms. The number of rotatable bonds is 12. The minimum atomic E-state index is -4.55. The third-order valence-electron chi connectivity index (χ3n) is 6.58. The molecule has 0 spiro atoms. The van der Waals surface area contributed by atoms with Crippen LogP contribution in [0.15, 0.2) is 97.1 Å². The van der Waals surface area contributed by atoms with Crippen LogP contribution in [0.3, 0.4) is 0 Å². The third kappa shape index (κ3) is 8.98. The van der Waals surface area contributed by atoms with E-state index >= 15 is 0 Å². The van der Waals surface area contributed by atoms with Crippen LogP contribution >= 0.6 is 0 Å². The van der Waals surface area contributed by atoms with Gasteiger partial charge in [0.25, 0.3) is 0 Å². The predicted octanol–water partition coefficient (Wildman–Crippen LogP) is 8.11. The smallest absolute Gasteiger partial charge is 0.416 e. The first kappa shape index (κ1) is 32.4. The molecule has 232 valence electrons. The van der Waals surface area contributed by atoms with Gasteiger partial charge in [-0.2, -0.15) is 26.3 Å². The zero-order chi connectivity index (χ0) is 31.9. The van der Waals surface area contributed by atoms with Crippen LogP contribution in [0, 0.1) is 0 Å². The fourth-order valence-electron chi connectivity index (χ4n) is 4.33. The van der Waals surface area contributed by atoms with Gasteiger partial charge in [-0.25, -0.2) is 0 Å². The summed E-state index contributed by atoms with van der Waals surface area (Å²) in [5.41, 5.74) is 5.20. The van der Waals surface area contributed by atoms with Crippen molar-refractivity contribution in [3.05, 3.63) is 119 Å². The van der Waals surface area contributed by atoms with E-state index in [1.807, 2.05) is 4.90 Å². The molecule has 3 N–H and O–H groups in total. The van der Waals surface area contributed by atoms with Gasteiger partial charge < -0.3 is 20.3 Å². The minimum Gasteiger partial charge on any atom is -0.480 e. The summed E-state index contributed by atoms with van der Waals surface area (Å²) in [5.74, 6) is -0.662. The number of ether oxygens (including phenoxy) is 2. The van der Waals surface area contributed by atoms with Crippen molar-refractivity contribution in [2.45, 2.75) is 37.9 Å². The summed E-state index contributed by atoms with van der Waals surface area (Å²) in [5, 5.41) is 9.31. The van der Waals surface area contributed by atoms with E-state index in [9.17, 15) is 36.2 Å². The number of carboxylic acids is 1. The van der Waals surface area contributed by atoms with Crippen LogP contribution in [0.5, 0.6) is 23.0 Å². The van der Waals surface area contributed by atoms with Crippen molar-refractivity contribution in [2.24, 2.45) is 5.73 Å². The van der Waals surface area contributed by atoms with E-state index in [1.54, 1.807) is 48.5 Å². The van der Waals surface area contributed by atoms with E-state index < -0.39 is 35.5 Å². The monoisotopic (exact) mass is 618 g/mol. The molecule has 0 heterocycles. The molecule has 4 rings (SSSR count). The largest absolute Gasteiger partial charge is 0.480 e. The molecule has 4 aromatic rings. The van der Waals surface area contributed by atoms with Crippen molar-refractivity contribution in [3.8, 4) is 23.0 Å². The Bertz CT molecular complexity index is 1470. The van der Waals surface area contributed by atoms with Crippen molar-refractivity contribution in [1.82, 2.24) is 4.90 Å². The van der Waals surface area contributed by atoms with Gasteiger partial charge >= 0.3 is 18.3 Å². The average Bonchev–Trinajstić information content (AvgIpc) is 2.97. The zero-order valence-electron chi connectivity index (χ0n) is 23.1. The Balaban J connectivity index is 1.60. The highest BCUT2D eigenvalue weighted by atomic mass is 19.4. The lowest BCUT2D eigenvalue weighted by Gasteiger charge is -2.25. The maximum absolute atomic E-state index is 13.2. The fraction of sp³-hybridized carbons (Fsp3) is 0.219. The molecule has 0 radical (unpaired) electrons. The fourth-order valence-corrected chi connectivity index (χ4v) is 4.33. The first-order valence-corrected chi connectivity index (χ1v) is 13.4. The maximum Gasteiger partial charge on any atom is 0.416 e. The first-order valence-electron chi connectivity index (χ1n) is 13.4. The molecule has 0 aliphatic rings. The van der Waals surface area contributed by atoms with Crippen molar-refractivity contribution in [2.75, 3.05) is 6.54 Å². The molecule has 1 atom stereocenters. The van der Waals surface area contributed by atoms with Gasteiger partial charge in [-0.1, -0.05) is 48.5 Å². The Labute approximate surface area is 249 Å². The van der Waals surface area contributed by atoms with Gasteiger partial charge in [-0.3, -0.25) is 9.69 Å². The molecular weight excluding hydrogens is 590 g/mol. The number of hydrogen-bond acceptors (Lipinski definition) is 5. The number of nitrogens with zero attached hydrogens (tertiary/aromatic N) is 1. The lowest BCUT2D eigenvalue weighted by Crippen LogP contribution is -2.35. The molecule has 0 aromatic heterocycles. The number of hydrogen-bond donors (Lipinski definition) is 2. The van der Waals surface area contributed by atoms with Crippen molar-refractivity contribution < 1.29 is 45.7 Å². The molecule has 4 aromatic carbocycles. The number of halogens is 6. The van der Waals surface area contributed by atoms with Crippen LogP contribution in [0.1, 0.15) is 28.7 Å². The number of para-hydroxylation sites is 2. The second kappa shape index (κ2) is 13.8. The summed E-state index contributed by atoms with van der Waals surface area (Å²) >= 11 is 0. The standard InChI is InChI=1S/C32H28F6N2O4/c33-31(34,35)23-9-5-11-25(17-23)43-28-13-3-1-7-21(28)19-40(16-15-27(39)30(41)42)20-22-8-2-4-14-29(22)44-26-12-6-10-24(18-26)32(36,37)38/h1-14,17-18,27H,15-16,19-20,39H2,(H,41,42)/t27-/m0/s1. The van der Waals surface area contributed by atoms with Crippen LogP contribution in [0.4, 0.5) is 26.3 Å². The average molecular weight is 619 g/mol. The second-order valence-electron chi connectivity index (χ2n) is 9.91. The van der Waals surface area contributed by atoms with Gasteiger partial charge in [0, 0.05) is 30.8 Å². The third-order valence-corrected chi connectivity index (χ3v) is 6.58. The van der Waals surface area contributed by atoms with Gasteiger partial charge in [0.15, 0.2) is 0 Å². The van der Waals surface area contributed by atoms with Crippen molar-refractivity contribution >= 4 is 5.97 Å². The molecule has 0 saturated heterocycles. The Morgan fingerprint density at radius 1 is 0.705 bits per heavy atom. The Kier molecular flexibility index (Phi) is 10.2. The lowest BCUT2D eigenvalue weighted by molar-refractivity contribution is -0.139. The van der Waals surface area contributed by atoms with Crippen LogP contribution in [-0.4, -0.2) is 28.6 Å². The van der Waals surface area contributed by atoms with E-state index in [1.165, 1.54) is 24.3 Å². The SMILES string of the molecule is N[C@@H](CCN(Cc1ccccc1Oc1cccc(C(F)(F)F)c1)Cc1ccccc1Oc1cccc(C(F)(F)F)c1)C(=O)O. The van der Waals surface area contributed by atoms with Gasteiger partial charge in [0.2, 0.25) is 0 Å². The zero-order valence-corrected chi connectivity index (χ0v) is 23.1. The number of carboxylic acid groups (broad SMARTS) is 1. The number of aliphatic carboxylic acids is 1.